The molecule has 0 aliphatic rings. The molecule has 1 aromatic rings. The number of aromatic hydroxyl groups is 2. The molecule has 0 radical (unpaired) electrons. The van der Waals surface area contributed by atoms with Gasteiger partial charge >= 0.3 is 6.09 Å². The fourth-order valence-corrected chi connectivity index (χ4v) is 1.74. The molecule has 0 fully saturated rings. The topological polar surface area (TPSA) is 113 Å². The Morgan fingerprint density at radius 2 is 1.73 bits per heavy atom. The van der Waals surface area contributed by atoms with Crippen LogP contribution in [0.4, 0.5) is 4.79 Å². The van der Waals surface area contributed by atoms with E-state index in [0.717, 1.165) is 19.3 Å². The van der Waals surface area contributed by atoms with Gasteiger partial charge in [0.15, 0.2) is 0 Å². The summed E-state index contributed by atoms with van der Waals surface area (Å²) in [4.78, 5) is 27.5. The van der Waals surface area contributed by atoms with Gasteiger partial charge in [-0.05, 0) is 12.8 Å². The van der Waals surface area contributed by atoms with Crippen molar-refractivity contribution in [2.24, 2.45) is 0 Å². The lowest BCUT2D eigenvalue weighted by Gasteiger charge is -2.08. The van der Waals surface area contributed by atoms with E-state index in [4.69, 9.17) is 0 Å². The van der Waals surface area contributed by atoms with E-state index in [1.807, 2.05) is 0 Å². The van der Waals surface area contributed by atoms with Gasteiger partial charge < -0.3 is 25.7 Å². The second-order valence-corrected chi connectivity index (χ2v) is 4.81. The average molecular weight is 313 g/mol. The first-order valence-electron chi connectivity index (χ1n) is 7.37. The van der Waals surface area contributed by atoms with Crippen LogP contribution in [0.3, 0.4) is 0 Å². The summed E-state index contributed by atoms with van der Waals surface area (Å²) in [6.07, 6.45) is 3.27. The molecule has 1 rings (SSSR count). The lowest BCUT2D eigenvalue weighted by Crippen LogP contribution is -2.34. The number of hydrogen-bond acceptors (Lipinski definition) is 5. The molecule has 0 unspecified atom stereocenters. The zero-order valence-electron chi connectivity index (χ0n) is 12.7. The predicted octanol–water partition coefficient (Wildman–Crippen LogP) is 1.12. The number of aromatic nitrogens is 1. The van der Waals surface area contributed by atoms with Gasteiger partial charge in [-0.25, -0.2) is 4.79 Å². The van der Waals surface area contributed by atoms with Crippen LogP contribution in [0.2, 0.25) is 0 Å². The maximum absolute atomic E-state index is 11.4. The Hall–Kier alpha value is -2.38. The summed E-state index contributed by atoms with van der Waals surface area (Å²) in [5, 5.41) is 23.8. The molecule has 0 saturated heterocycles. The van der Waals surface area contributed by atoms with Gasteiger partial charge in [0.2, 0.25) is 17.7 Å². The van der Waals surface area contributed by atoms with Crippen LogP contribution in [0.25, 0.3) is 0 Å². The van der Waals surface area contributed by atoms with Crippen LogP contribution in [0.1, 0.15) is 39.0 Å². The van der Waals surface area contributed by atoms with Crippen LogP contribution in [-0.2, 0) is 4.79 Å². The highest BCUT2D eigenvalue weighted by Gasteiger charge is 2.11. The van der Waals surface area contributed by atoms with E-state index in [1.54, 1.807) is 0 Å². The Morgan fingerprint density at radius 1 is 1.09 bits per heavy atom. The van der Waals surface area contributed by atoms with E-state index in [0.29, 0.717) is 30.7 Å². The van der Waals surface area contributed by atoms with Crippen molar-refractivity contribution in [3.63, 3.8) is 0 Å². The summed E-state index contributed by atoms with van der Waals surface area (Å²) in [5.41, 5.74) is 0. The summed E-state index contributed by atoms with van der Waals surface area (Å²) in [7, 11) is 0. The van der Waals surface area contributed by atoms with Crippen LogP contribution in [0.15, 0.2) is 12.1 Å². The number of nitrogens with one attached hydrogen (secondary N) is 2. The zero-order chi connectivity index (χ0) is 16.4. The van der Waals surface area contributed by atoms with Crippen LogP contribution in [-0.4, -0.2) is 40.0 Å². The molecule has 0 atom stereocenters. The third-order valence-electron chi connectivity index (χ3n) is 2.92. The molecule has 0 aromatic carbocycles. The summed E-state index contributed by atoms with van der Waals surface area (Å²) in [5.74, 6) is -0.753. The Kier molecular flexibility index (Phi) is 7.66. The van der Waals surface area contributed by atoms with E-state index in [1.165, 1.54) is 12.1 Å². The number of unbranched alkanes of at least 4 members (excludes halogenated alkanes) is 2. The first kappa shape index (κ1) is 17.7. The zero-order valence-corrected chi connectivity index (χ0v) is 12.7. The maximum atomic E-state index is 11.4. The third kappa shape index (κ3) is 6.38. The fourth-order valence-electron chi connectivity index (χ4n) is 1.74. The number of rotatable bonds is 9. The normalized spacial score (nSPS) is 10.2. The van der Waals surface area contributed by atoms with Crippen molar-refractivity contribution < 1.29 is 24.6 Å². The summed E-state index contributed by atoms with van der Waals surface area (Å²) in [6.45, 7) is 2.85. The highest BCUT2D eigenvalue weighted by Crippen LogP contribution is 2.18. The van der Waals surface area contributed by atoms with E-state index in [9.17, 15) is 19.8 Å². The molecule has 124 valence electrons. The van der Waals surface area contributed by atoms with Gasteiger partial charge in [-0.15, -0.1) is 4.73 Å². The molecule has 0 bridgehead atoms. The Bertz CT molecular complexity index is 467. The van der Waals surface area contributed by atoms with Crippen molar-refractivity contribution in [2.75, 3.05) is 13.1 Å². The summed E-state index contributed by atoms with van der Waals surface area (Å²) >= 11 is 0. The highest BCUT2D eigenvalue weighted by atomic mass is 16.7. The van der Waals surface area contributed by atoms with Crippen molar-refractivity contribution in [1.82, 2.24) is 15.4 Å². The molecule has 4 N–H and O–H groups in total. The minimum Gasteiger partial charge on any atom is -0.492 e. The summed E-state index contributed by atoms with van der Waals surface area (Å²) in [6, 6.07) is 2.38. The van der Waals surface area contributed by atoms with Crippen molar-refractivity contribution >= 4 is 12.0 Å². The SMILES string of the molecule is CCCCCC(=O)NCCCNC(=O)On1c(O)ccc1O. The van der Waals surface area contributed by atoms with Crippen LogP contribution >= 0.6 is 0 Å². The molecule has 8 heteroatoms. The summed E-state index contributed by atoms with van der Waals surface area (Å²) < 4.78 is 0.602. The van der Waals surface area contributed by atoms with E-state index >= 15 is 0 Å². The van der Waals surface area contributed by atoms with Crippen LogP contribution < -0.4 is 15.5 Å². The van der Waals surface area contributed by atoms with Gasteiger partial charge in [0.05, 0.1) is 0 Å². The fraction of sp³-hybridized carbons (Fsp3) is 0.571. The minimum atomic E-state index is -0.809. The number of amides is 2. The monoisotopic (exact) mass is 313 g/mol. The second-order valence-electron chi connectivity index (χ2n) is 4.81. The minimum absolute atomic E-state index is 0.0122. The maximum Gasteiger partial charge on any atom is 0.432 e. The first-order valence-corrected chi connectivity index (χ1v) is 7.37. The lowest BCUT2D eigenvalue weighted by molar-refractivity contribution is -0.121. The largest absolute Gasteiger partial charge is 0.492 e. The smallest absolute Gasteiger partial charge is 0.432 e. The molecule has 0 aliphatic carbocycles. The number of nitrogens with zero attached hydrogens (tertiary/aromatic N) is 1. The number of carbonyl (C=O) groups excluding carboxylic acids is 2. The third-order valence-corrected chi connectivity index (χ3v) is 2.92. The molecular weight excluding hydrogens is 290 g/mol. The molecule has 1 heterocycles. The van der Waals surface area contributed by atoms with Crippen molar-refractivity contribution in [1.29, 1.82) is 0 Å². The van der Waals surface area contributed by atoms with Gasteiger partial charge in [-0.2, -0.15) is 0 Å². The number of carbonyl (C=O) groups is 2. The second kappa shape index (κ2) is 9.54. The highest BCUT2D eigenvalue weighted by molar-refractivity contribution is 5.75. The van der Waals surface area contributed by atoms with Gasteiger partial charge in [0, 0.05) is 31.6 Å². The average Bonchev–Trinajstić information content (AvgIpc) is 2.79. The predicted molar refractivity (Wildman–Crippen MR) is 79.5 cm³/mol. The van der Waals surface area contributed by atoms with Gasteiger partial charge in [0.1, 0.15) is 0 Å². The Morgan fingerprint density at radius 3 is 2.36 bits per heavy atom. The van der Waals surface area contributed by atoms with Gasteiger partial charge in [-0.3, -0.25) is 4.79 Å². The molecular formula is C14H23N3O5. The van der Waals surface area contributed by atoms with Crippen molar-refractivity contribution in [2.45, 2.75) is 39.0 Å². The van der Waals surface area contributed by atoms with Crippen LogP contribution in [0.5, 0.6) is 11.8 Å². The molecule has 0 spiro atoms. The molecule has 22 heavy (non-hydrogen) atoms. The van der Waals surface area contributed by atoms with Gasteiger partial charge in [-0.1, -0.05) is 19.8 Å². The first-order chi connectivity index (χ1) is 10.5. The lowest BCUT2D eigenvalue weighted by atomic mass is 10.2. The molecule has 0 saturated carbocycles. The Balaban J connectivity index is 2.09. The quantitative estimate of drug-likeness (QED) is 0.510. The van der Waals surface area contributed by atoms with Gasteiger partial charge in [0.25, 0.3) is 0 Å². The van der Waals surface area contributed by atoms with E-state index < -0.39 is 6.09 Å². The molecule has 0 aliphatic heterocycles. The molecule has 1 aromatic heterocycles. The Labute approximate surface area is 129 Å². The molecule has 2 amide bonds. The molecule has 8 nitrogen and oxygen atoms in total. The number of hydrogen-bond donors (Lipinski definition) is 4. The van der Waals surface area contributed by atoms with E-state index in [2.05, 4.69) is 22.4 Å². The van der Waals surface area contributed by atoms with Crippen molar-refractivity contribution in [3.05, 3.63) is 12.1 Å². The van der Waals surface area contributed by atoms with Crippen LogP contribution in [0, 0.1) is 0 Å². The standard InChI is InChI=1S/C14H23N3O5/c1-2-3-4-6-11(18)15-9-5-10-16-14(21)22-17-12(19)7-8-13(17)20/h7-8,19-20H,2-6,9-10H2,1H3,(H,15,18)(H,16,21). The van der Waals surface area contributed by atoms with Crippen molar-refractivity contribution in [3.8, 4) is 11.8 Å². The van der Waals surface area contributed by atoms with E-state index in [-0.39, 0.29) is 17.7 Å².